The van der Waals surface area contributed by atoms with Crippen LogP contribution in [0.15, 0.2) is 30.3 Å². The molecule has 0 saturated carbocycles. The largest absolute Gasteiger partial charge is 0.493 e. The predicted molar refractivity (Wildman–Crippen MR) is 89.1 cm³/mol. The molecule has 1 aromatic heterocycles. The molecule has 1 heterocycles. The third-order valence-electron chi connectivity index (χ3n) is 3.60. The van der Waals surface area contributed by atoms with Gasteiger partial charge in [-0.25, -0.2) is 22.2 Å². The molecular formula is C15H15FN4O4S. The number of hydrogen-bond donors (Lipinski definition) is 2. The van der Waals surface area contributed by atoms with Gasteiger partial charge in [-0.05, 0) is 17.7 Å². The maximum absolute atomic E-state index is 14.5. The highest BCUT2D eigenvalue weighted by molar-refractivity contribution is 7.70. The van der Waals surface area contributed by atoms with Gasteiger partial charge in [0.2, 0.25) is 10.9 Å². The number of methoxy groups -OCH3 is 2. The van der Waals surface area contributed by atoms with Crippen molar-refractivity contribution < 1.29 is 22.3 Å². The van der Waals surface area contributed by atoms with E-state index in [1.54, 1.807) is 18.2 Å². The van der Waals surface area contributed by atoms with E-state index in [4.69, 9.17) is 9.47 Å². The van der Waals surface area contributed by atoms with Crippen LogP contribution in [0.5, 0.6) is 11.5 Å². The number of ether oxygens (including phenoxy) is 2. The number of hydrogen-bond acceptors (Lipinski definition) is 6. The van der Waals surface area contributed by atoms with Crippen molar-refractivity contribution in [3.63, 3.8) is 0 Å². The highest BCUT2D eigenvalue weighted by atomic mass is 32.2. The fraction of sp³-hybridized carbons (Fsp3) is 0.200. The SMILES string of the molecule is COc1cc2nnn(-c3ccc(CN[SH](=O)=O)cc3F)c2cc1OC. The van der Waals surface area contributed by atoms with Crippen molar-refractivity contribution in [2.45, 2.75) is 6.54 Å². The van der Waals surface area contributed by atoms with Crippen LogP contribution >= 0.6 is 0 Å². The van der Waals surface area contributed by atoms with Gasteiger partial charge in [-0.1, -0.05) is 11.3 Å². The van der Waals surface area contributed by atoms with E-state index >= 15 is 0 Å². The Morgan fingerprint density at radius 2 is 1.88 bits per heavy atom. The van der Waals surface area contributed by atoms with Gasteiger partial charge in [-0.15, -0.1) is 5.10 Å². The van der Waals surface area contributed by atoms with Crippen LogP contribution in [0.4, 0.5) is 4.39 Å². The van der Waals surface area contributed by atoms with E-state index in [-0.39, 0.29) is 12.2 Å². The van der Waals surface area contributed by atoms with Crippen LogP contribution in [-0.4, -0.2) is 37.6 Å². The number of nitrogens with one attached hydrogen (secondary N) is 1. The van der Waals surface area contributed by atoms with Gasteiger partial charge < -0.3 is 9.47 Å². The predicted octanol–water partition coefficient (Wildman–Crippen LogP) is 1.19. The van der Waals surface area contributed by atoms with Gasteiger partial charge in [0, 0.05) is 18.7 Å². The lowest BCUT2D eigenvalue weighted by Crippen LogP contribution is -2.11. The van der Waals surface area contributed by atoms with Crippen molar-refractivity contribution in [3.8, 4) is 17.2 Å². The number of benzene rings is 2. The van der Waals surface area contributed by atoms with Crippen LogP contribution in [0.3, 0.4) is 0 Å². The second-order valence-corrected chi connectivity index (χ2v) is 5.91. The molecule has 0 fully saturated rings. The van der Waals surface area contributed by atoms with Crippen LogP contribution in [0.1, 0.15) is 5.56 Å². The molecule has 0 radical (unpaired) electrons. The van der Waals surface area contributed by atoms with Crippen LogP contribution in [0.25, 0.3) is 16.7 Å². The zero-order valence-corrected chi connectivity index (χ0v) is 14.3. The highest BCUT2D eigenvalue weighted by Gasteiger charge is 2.15. The number of halogens is 1. The second kappa shape index (κ2) is 7.03. The number of thiol groups is 1. The molecule has 8 nitrogen and oxygen atoms in total. The first-order valence-electron chi connectivity index (χ1n) is 7.17. The zero-order valence-electron chi connectivity index (χ0n) is 13.4. The van der Waals surface area contributed by atoms with Gasteiger partial charge in [0.05, 0.1) is 19.7 Å². The smallest absolute Gasteiger partial charge is 0.201 e. The van der Waals surface area contributed by atoms with Crippen molar-refractivity contribution >= 4 is 21.9 Å². The summed E-state index contributed by atoms with van der Waals surface area (Å²) in [6.45, 7) is 0.0129. The quantitative estimate of drug-likeness (QED) is 0.637. The summed E-state index contributed by atoms with van der Waals surface area (Å²) in [6.07, 6.45) is 0. The molecule has 1 N–H and O–H groups in total. The molecule has 0 amide bonds. The van der Waals surface area contributed by atoms with Crippen LogP contribution < -0.4 is 14.2 Å². The minimum Gasteiger partial charge on any atom is -0.493 e. The lowest BCUT2D eigenvalue weighted by Gasteiger charge is -2.09. The molecular weight excluding hydrogens is 351 g/mol. The average Bonchev–Trinajstić information content (AvgIpc) is 3.01. The summed E-state index contributed by atoms with van der Waals surface area (Å²) < 4.78 is 49.6. The lowest BCUT2D eigenvalue weighted by atomic mass is 10.2. The number of aromatic nitrogens is 3. The topological polar surface area (TPSA) is 95.3 Å². The van der Waals surface area contributed by atoms with Crippen molar-refractivity contribution in [2.24, 2.45) is 0 Å². The summed E-state index contributed by atoms with van der Waals surface area (Å²) in [5.41, 5.74) is 1.74. The first kappa shape index (κ1) is 17.1. The van der Waals surface area contributed by atoms with Crippen molar-refractivity contribution in [1.29, 1.82) is 0 Å². The standard InChI is InChI=1S/C15H15FN4O4S/c1-23-14-6-11-13(7-15(14)24-2)20(19-18-11)12-4-3-9(5-10(12)16)8-17-25(21)22/h3-7,25H,8H2,1-2H3,(H,17,21,22). The van der Waals surface area contributed by atoms with E-state index in [0.717, 1.165) is 0 Å². The first-order chi connectivity index (χ1) is 12.0. The van der Waals surface area contributed by atoms with Crippen LogP contribution in [0.2, 0.25) is 0 Å². The van der Waals surface area contributed by atoms with Gasteiger partial charge in [0.1, 0.15) is 17.0 Å². The monoisotopic (exact) mass is 366 g/mol. The van der Waals surface area contributed by atoms with Gasteiger partial charge >= 0.3 is 0 Å². The number of nitrogens with zero attached hydrogens (tertiary/aromatic N) is 3. The molecule has 10 heteroatoms. The Labute approximate surface area is 144 Å². The molecule has 2 aromatic carbocycles. The van der Waals surface area contributed by atoms with E-state index < -0.39 is 16.7 Å². The Morgan fingerprint density at radius 1 is 1.16 bits per heavy atom. The summed E-state index contributed by atoms with van der Waals surface area (Å²) >= 11 is 0. The normalized spacial score (nSPS) is 11.2. The van der Waals surface area contributed by atoms with E-state index in [1.165, 1.54) is 31.0 Å². The van der Waals surface area contributed by atoms with Gasteiger partial charge in [0.15, 0.2) is 11.5 Å². The van der Waals surface area contributed by atoms with Crippen molar-refractivity contribution in [3.05, 3.63) is 41.7 Å². The Balaban J connectivity index is 2.04. The van der Waals surface area contributed by atoms with E-state index in [1.807, 2.05) is 0 Å². The van der Waals surface area contributed by atoms with E-state index in [0.29, 0.717) is 28.1 Å². The molecule has 0 aliphatic heterocycles. The summed E-state index contributed by atoms with van der Waals surface area (Å²) in [5.74, 6) is 0.414. The fourth-order valence-corrected chi connectivity index (χ4v) is 2.73. The third-order valence-corrected chi connectivity index (χ3v) is 4.02. The van der Waals surface area contributed by atoms with Gasteiger partial charge in [-0.3, -0.25) is 0 Å². The Hall–Kier alpha value is -2.72. The molecule has 3 rings (SSSR count). The maximum Gasteiger partial charge on any atom is 0.201 e. The first-order valence-corrected chi connectivity index (χ1v) is 8.35. The minimum atomic E-state index is -2.74. The summed E-state index contributed by atoms with van der Waals surface area (Å²) in [5, 5.41) is 8.00. The highest BCUT2D eigenvalue weighted by Crippen LogP contribution is 2.32. The summed E-state index contributed by atoms with van der Waals surface area (Å²) in [6, 6.07) is 7.67. The minimum absolute atomic E-state index is 0.0129. The molecule has 0 unspecified atom stereocenters. The van der Waals surface area contributed by atoms with Crippen LogP contribution in [0, 0.1) is 5.82 Å². The Bertz CT molecular complexity index is 995. The van der Waals surface area contributed by atoms with Crippen LogP contribution in [-0.2, 0) is 17.4 Å². The number of rotatable bonds is 6. The van der Waals surface area contributed by atoms with E-state index in [2.05, 4.69) is 15.0 Å². The van der Waals surface area contributed by atoms with Gasteiger partial charge in [0.25, 0.3) is 0 Å². The van der Waals surface area contributed by atoms with Gasteiger partial charge in [-0.2, -0.15) is 0 Å². The molecule has 0 saturated heterocycles. The lowest BCUT2D eigenvalue weighted by molar-refractivity contribution is 0.355. The second-order valence-electron chi connectivity index (χ2n) is 5.07. The third kappa shape index (κ3) is 3.39. The Kier molecular flexibility index (Phi) is 4.81. The summed E-state index contributed by atoms with van der Waals surface area (Å²) in [7, 11) is 0.274. The summed E-state index contributed by atoms with van der Waals surface area (Å²) in [4.78, 5) is 0. The molecule has 0 bridgehead atoms. The molecule has 0 atom stereocenters. The molecule has 0 spiro atoms. The zero-order chi connectivity index (χ0) is 18.0. The fourth-order valence-electron chi connectivity index (χ4n) is 2.41. The molecule has 0 aliphatic carbocycles. The maximum atomic E-state index is 14.5. The van der Waals surface area contributed by atoms with E-state index in [9.17, 15) is 12.8 Å². The molecule has 132 valence electrons. The average molecular weight is 366 g/mol. The number of fused-ring (bicyclic) bond motifs is 1. The molecule has 0 aliphatic rings. The molecule has 25 heavy (non-hydrogen) atoms. The molecule has 3 aromatic rings. The van der Waals surface area contributed by atoms with Crippen molar-refractivity contribution in [2.75, 3.05) is 14.2 Å². The van der Waals surface area contributed by atoms with Crippen molar-refractivity contribution in [1.82, 2.24) is 19.7 Å². The Morgan fingerprint density at radius 3 is 2.52 bits per heavy atom.